The zero-order chi connectivity index (χ0) is 21.0. The number of H-pyrrole nitrogens is 1. The average Bonchev–Trinajstić information content (AvgIpc) is 3.06. The number of carbonyl (C=O) groups excluding carboxylic acids is 1. The van der Waals surface area contributed by atoms with E-state index >= 15 is 0 Å². The summed E-state index contributed by atoms with van der Waals surface area (Å²) in [5.41, 5.74) is 2.57. The third-order valence-corrected chi connectivity index (χ3v) is 5.35. The fourth-order valence-corrected chi connectivity index (χ4v) is 4.15. The number of ether oxygens (including phenoxy) is 1. The minimum absolute atomic E-state index is 0.186. The lowest BCUT2D eigenvalue weighted by Crippen LogP contribution is -2.27. The highest BCUT2D eigenvalue weighted by molar-refractivity contribution is 5.98. The molecule has 1 aliphatic heterocycles. The molecule has 1 atom stereocenters. The monoisotopic (exact) mass is 396 g/mol. The van der Waals surface area contributed by atoms with E-state index in [2.05, 4.69) is 16.0 Å². The first-order valence-corrected chi connectivity index (χ1v) is 9.42. The van der Waals surface area contributed by atoms with Crippen LogP contribution in [0.4, 0.5) is 0 Å². The molecule has 0 saturated heterocycles. The van der Waals surface area contributed by atoms with Crippen LogP contribution in [0.5, 0.6) is 11.6 Å². The molecule has 0 radical (unpaired) electrons. The molecule has 0 saturated carbocycles. The van der Waals surface area contributed by atoms with Crippen molar-refractivity contribution in [2.45, 2.75) is 19.8 Å². The van der Waals surface area contributed by atoms with E-state index in [1.165, 1.54) is 6.92 Å². The summed E-state index contributed by atoms with van der Waals surface area (Å²) in [5.74, 6) is 0.417. The van der Waals surface area contributed by atoms with Crippen molar-refractivity contribution in [2.75, 3.05) is 0 Å². The second-order valence-electron chi connectivity index (χ2n) is 7.22. The average molecular weight is 396 g/mol. The Morgan fingerprint density at radius 3 is 2.63 bits per heavy atom. The van der Waals surface area contributed by atoms with Gasteiger partial charge < -0.3 is 9.72 Å². The number of para-hydroxylation sites is 1. The van der Waals surface area contributed by atoms with Crippen LogP contribution >= 0.6 is 0 Å². The quantitative estimate of drug-likeness (QED) is 0.464. The first kappa shape index (κ1) is 17.9. The van der Waals surface area contributed by atoms with Gasteiger partial charge in [-0.25, -0.2) is 0 Å². The van der Waals surface area contributed by atoms with Gasteiger partial charge in [0.25, 0.3) is 5.56 Å². The number of aryl methyl sites for hydroxylation is 1. The molecule has 1 aliphatic rings. The predicted octanol–water partition coefficient (Wildman–Crippen LogP) is 3.85. The van der Waals surface area contributed by atoms with E-state index in [-0.39, 0.29) is 17.3 Å². The summed E-state index contributed by atoms with van der Waals surface area (Å²) in [6.07, 6.45) is 0. The predicted molar refractivity (Wildman–Crippen MR) is 110 cm³/mol. The number of nitrogens with zero attached hydrogens (tertiary/aromatic N) is 3. The van der Waals surface area contributed by atoms with Crippen LogP contribution in [0.1, 0.15) is 45.8 Å². The van der Waals surface area contributed by atoms with E-state index in [1.807, 2.05) is 24.3 Å². The summed E-state index contributed by atoms with van der Waals surface area (Å²) in [6, 6.07) is 16.5. The number of carbonyl (C=O) groups is 1. The van der Waals surface area contributed by atoms with Crippen LogP contribution in [0.15, 0.2) is 53.3 Å². The second-order valence-corrected chi connectivity index (χ2v) is 7.22. The van der Waals surface area contributed by atoms with E-state index in [9.17, 15) is 9.59 Å². The van der Waals surface area contributed by atoms with Gasteiger partial charge in [0, 0.05) is 12.3 Å². The van der Waals surface area contributed by atoms with Gasteiger partial charge >= 0.3 is 0 Å². The molecule has 0 fully saturated rings. The van der Waals surface area contributed by atoms with E-state index in [0.29, 0.717) is 33.9 Å². The Kier molecular flexibility index (Phi) is 3.83. The number of benzene rings is 2. The number of rotatable bonds is 1. The number of aromatic amines is 1. The number of nitriles is 1. The molecule has 5 rings (SSSR count). The molecule has 1 N–H and O–H groups in total. The summed E-state index contributed by atoms with van der Waals surface area (Å²) in [7, 11) is 0. The van der Waals surface area contributed by atoms with Crippen molar-refractivity contribution in [1.82, 2.24) is 14.5 Å². The van der Waals surface area contributed by atoms with Gasteiger partial charge in [0.2, 0.25) is 11.8 Å². The summed E-state index contributed by atoms with van der Waals surface area (Å²) >= 11 is 0. The summed E-state index contributed by atoms with van der Waals surface area (Å²) in [4.78, 5) is 32.8. The molecule has 7 heteroatoms. The van der Waals surface area contributed by atoms with E-state index in [4.69, 9.17) is 10.00 Å². The first-order chi connectivity index (χ1) is 14.5. The van der Waals surface area contributed by atoms with Gasteiger partial charge in [-0.05, 0) is 36.8 Å². The molecule has 0 aliphatic carbocycles. The van der Waals surface area contributed by atoms with Crippen LogP contribution in [-0.4, -0.2) is 20.4 Å². The van der Waals surface area contributed by atoms with Crippen LogP contribution in [0, 0.1) is 18.3 Å². The molecular weight excluding hydrogens is 380 g/mol. The van der Waals surface area contributed by atoms with Crippen molar-refractivity contribution in [3.05, 3.63) is 87.1 Å². The molecule has 3 heterocycles. The molecule has 146 valence electrons. The molecule has 2 aromatic heterocycles. The standard InChI is InChI=1S/C23H16N4O3/c1-12-25-22(29)19-18(15-9-7-14(11-24)8-10-15)20-21(30-23(19)26-12)16-5-3-4-6-17(16)27(20)13(2)28/h3-10,18H,1-2H3,(H,25,26,29). The highest BCUT2D eigenvalue weighted by Crippen LogP contribution is 2.49. The van der Waals surface area contributed by atoms with Crippen LogP contribution in [0.2, 0.25) is 0 Å². The lowest BCUT2D eigenvalue weighted by Gasteiger charge is -2.26. The van der Waals surface area contributed by atoms with Crippen molar-refractivity contribution in [2.24, 2.45) is 0 Å². The van der Waals surface area contributed by atoms with Crippen LogP contribution in [0.3, 0.4) is 0 Å². The SMILES string of the molecule is CC(=O)n1c2c(c3ccccc31)Oc1nc(C)[nH]c(=O)c1C2c1ccc(C#N)cc1. The van der Waals surface area contributed by atoms with E-state index in [0.717, 1.165) is 10.9 Å². The van der Waals surface area contributed by atoms with Gasteiger partial charge in [-0.3, -0.25) is 14.2 Å². The lowest BCUT2D eigenvalue weighted by atomic mass is 9.87. The van der Waals surface area contributed by atoms with Gasteiger partial charge in [-0.1, -0.05) is 24.3 Å². The molecule has 0 spiro atoms. The molecule has 0 amide bonds. The Hall–Kier alpha value is -4.18. The smallest absolute Gasteiger partial charge is 0.258 e. The zero-order valence-corrected chi connectivity index (χ0v) is 16.3. The summed E-state index contributed by atoms with van der Waals surface area (Å²) in [5, 5.41) is 9.93. The Balaban J connectivity index is 1.91. The fourth-order valence-electron chi connectivity index (χ4n) is 4.15. The third-order valence-electron chi connectivity index (χ3n) is 5.35. The van der Waals surface area contributed by atoms with Crippen molar-refractivity contribution >= 4 is 16.8 Å². The fraction of sp³-hybridized carbons (Fsp3) is 0.130. The molecule has 1 unspecified atom stereocenters. The second kappa shape index (κ2) is 6.42. The molecule has 2 aromatic carbocycles. The van der Waals surface area contributed by atoms with Crippen LogP contribution < -0.4 is 10.3 Å². The van der Waals surface area contributed by atoms with Gasteiger partial charge in [0.05, 0.1) is 34.3 Å². The van der Waals surface area contributed by atoms with E-state index in [1.54, 1.807) is 35.8 Å². The molecular formula is C23H16N4O3. The highest BCUT2D eigenvalue weighted by atomic mass is 16.5. The van der Waals surface area contributed by atoms with Gasteiger partial charge in [0.1, 0.15) is 5.82 Å². The van der Waals surface area contributed by atoms with Crippen molar-refractivity contribution in [3.63, 3.8) is 0 Å². The van der Waals surface area contributed by atoms with Crippen molar-refractivity contribution in [3.8, 4) is 17.7 Å². The number of fused-ring (bicyclic) bond motifs is 4. The third kappa shape index (κ3) is 2.47. The van der Waals surface area contributed by atoms with Crippen LogP contribution in [-0.2, 0) is 0 Å². The first-order valence-electron chi connectivity index (χ1n) is 9.42. The highest BCUT2D eigenvalue weighted by Gasteiger charge is 2.38. The molecule has 7 nitrogen and oxygen atoms in total. The minimum atomic E-state index is -0.579. The van der Waals surface area contributed by atoms with Crippen LogP contribution in [0.25, 0.3) is 10.9 Å². The lowest BCUT2D eigenvalue weighted by molar-refractivity contribution is 0.0937. The summed E-state index contributed by atoms with van der Waals surface area (Å²) < 4.78 is 7.72. The molecule has 4 aromatic rings. The number of nitrogens with one attached hydrogen (secondary N) is 1. The Labute approximate surface area is 171 Å². The van der Waals surface area contributed by atoms with Crippen molar-refractivity contribution in [1.29, 1.82) is 5.26 Å². The van der Waals surface area contributed by atoms with Gasteiger partial charge in [-0.2, -0.15) is 10.2 Å². The van der Waals surface area contributed by atoms with Gasteiger partial charge in [-0.15, -0.1) is 0 Å². The Bertz CT molecular complexity index is 1440. The summed E-state index contributed by atoms with van der Waals surface area (Å²) in [6.45, 7) is 3.17. The zero-order valence-electron chi connectivity index (χ0n) is 16.3. The Morgan fingerprint density at radius 2 is 1.93 bits per heavy atom. The van der Waals surface area contributed by atoms with E-state index < -0.39 is 5.92 Å². The number of hydrogen-bond acceptors (Lipinski definition) is 5. The number of hydrogen-bond donors (Lipinski definition) is 1. The van der Waals surface area contributed by atoms with Gasteiger partial charge in [0.15, 0.2) is 5.75 Å². The normalized spacial score (nSPS) is 14.5. The maximum Gasteiger partial charge on any atom is 0.258 e. The maximum absolute atomic E-state index is 13.0. The van der Waals surface area contributed by atoms with Crippen molar-refractivity contribution < 1.29 is 9.53 Å². The Morgan fingerprint density at radius 1 is 1.20 bits per heavy atom. The largest absolute Gasteiger partial charge is 0.436 e. The number of aromatic nitrogens is 3. The molecule has 30 heavy (non-hydrogen) atoms. The maximum atomic E-state index is 13.0. The molecule has 0 bridgehead atoms. The topological polar surface area (TPSA) is 101 Å². The minimum Gasteiger partial charge on any atom is -0.436 e.